The summed E-state index contributed by atoms with van der Waals surface area (Å²) in [5.41, 5.74) is 5.70. The molecular weight excluding hydrogens is 292 g/mol. The Morgan fingerprint density at radius 3 is 2.48 bits per heavy atom. The maximum absolute atomic E-state index is 12.6. The minimum absolute atomic E-state index is 0.0116. The van der Waals surface area contributed by atoms with Gasteiger partial charge in [-0.1, -0.05) is 13.3 Å². The van der Waals surface area contributed by atoms with Crippen molar-refractivity contribution in [3.63, 3.8) is 0 Å². The third kappa shape index (κ3) is 3.19. The van der Waals surface area contributed by atoms with Crippen LogP contribution < -0.4 is 5.73 Å². The van der Waals surface area contributed by atoms with Gasteiger partial charge in [0.25, 0.3) is 0 Å². The highest BCUT2D eigenvalue weighted by Gasteiger charge is 2.30. The summed E-state index contributed by atoms with van der Waals surface area (Å²) in [6, 6.07) is 3.73. The standard InChI is InChI=1S/C14H20N2O4S/c1-2-10-5-7-16(8-6-10)21(19,20)13-4-3-11(14(17)18)9-12(13)15/h3-4,9-10H,2,5-8,15H2,1H3,(H,17,18). The van der Waals surface area contributed by atoms with Gasteiger partial charge >= 0.3 is 5.97 Å². The van der Waals surface area contributed by atoms with Crippen LogP contribution in [0.4, 0.5) is 5.69 Å². The molecule has 3 N–H and O–H groups in total. The van der Waals surface area contributed by atoms with Crippen LogP contribution in [0.3, 0.4) is 0 Å². The average Bonchev–Trinajstić information content (AvgIpc) is 2.46. The highest BCUT2D eigenvalue weighted by atomic mass is 32.2. The van der Waals surface area contributed by atoms with Gasteiger partial charge < -0.3 is 10.8 Å². The van der Waals surface area contributed by atoms with E-state index in [1.165, 1.54) is 22.5 Å². The molecule has 0 unspecified atom stereocenters. The Morgan fingerprint density at radius 2 is 2.00 bits per heavy atom. The number of nitrogen functional groups attached to an aromatic ring is 1. The Morgan fingerprint density at radius 1 is 1.38 bits per heavy atom. The number of piperidine rings is 1. The molecule has 1 aromatic carbocycles. The quantitative estimate of drug-likeness (QED) is 0.825. The first-order chi connectivity index (χ1) is 9.86. The molecule has 0 aromatic heterocycles. The van der Waals surface area contributed by atoms with E-state index in [1.54, 1.807) is 0 Å². The van der Waals surface area contributed by atoms with E-state index < -0.39 is 16.0 Å². The fourth-order valence-corrected chi connectivity index (χ4v) is 4.18. The Balaban J connectivity index is 2.26. The number of rotatable bonds is 4. The average molecular weight is 312 g/mol. The van der Waals surface area contributed by atoms with Crippen LogP contribution in [0.15, 0.2) is 23.1 Å². The largest absolute Gasteiger partial charge is 0.478 e. The topological polar surface area (TPSA) is 101 Å². The number of carboxylic acids is 1. The molecule has 0 radical (unpaired) electrons. The van der Waals surface area contributed by atoms with Crippen molar-refractivity contribution in [2.75, 3.05) is 18.8 Å². The van der Waals surface area contributed by atoms with Gasteiger partial charge in [0, 0.05) is 13.1 Å². The lowest BCUT2D eigenvalue weighted by molar-refractivity contribution is 0.0697. The molecule has 116 valence electrons. The van der Waals surface area contributed by atoms with Crippen molar-refractivity contribution in [3.8, 4) is 0 Å². The molecule has 2 rings (SSSR count). The van der Waals surface area contributed by atoms with Crippen molar-refractivity contribution >= 4 is 21.7 Å². The van der Waals surface area contributed by atoms with Crippen LogP contribution in [-0.2, 0) is 10.0 Å². The molecule has 0 aliphatic carbocycles. The Kier molecular flexibility index (Phi) is 4.53. The molecule has 21 heavy (non-hydrogen) atoms. The number of anilines is 1. The molecule has 0 atom stereocenters. The maximum atomic E-state index is 12.6. The molecule has 0 amide bonds. The highest BCUT2D eigenvalue weighted by Crippen LogP contribution is 2.28. The SMILES string of the molecule is CCC1CCN(S(=O)(=O)c2ccc(C(=O)O)cc2N)CC1. The van der Waals surface area contributed by atoms with Crippen molar-refractivity contribution in [1.82, 2.24) is 4.31 Å². The maximum Gasteiger partial charge on any atom is 0.335 e. The van der Waals surface area contributed by atoms with Crippen molar-refractivity contribution in [1.29, 1.82) is 0 Å². The Hall–Kier alpha value is -1.60. The third-order valence-corrected chi connectivity index (χ3v) is 6.00. The van der Waals surface area contributed by atoms with Gasteiger partial charge in [0.05, 0.1) is 11.3 Å². The normalized spacial score (nSPS) is 17.8. The lowest BCUT2D eigenvalue weighted by atomic mass is 9.96. The van der Waals surface area contributed by atoms with E-state index in [9.17, 15) is 13.2 Å². The van der Waals surface area contributed by atoms with Gasteiger partial charge in [-0.3, -0.25) is 0 Å². The number of nitrogens with two attached hydrogens (primary N) is 1. The second-order valence-corrected chi connectivity index (χ2v) is 7.22. The van der Waals surface area contributed by atoms with Gasteiger partial charge in [-0.25, -0.2) is 13.2 Å². The van der Waals surface area contributed by atoms with Crippen molar-refractivity contribution in [2.45, 2.75) is 31.1 Å². The lowest BCUT2D eigenvalue weighted by Crippen LogP contribution is -2.38. The molecule has 1 heterocycles. The first-order valence-corrected chi connectivity index (χ1v) is 8.43. The molecule has 0 bridgehead atoms. The zero-order valence-corrected chi connectivity index (χ0v) is 12.8. The number of carbonyl (C=O) groups is 1. The zero-order chi connectivity index (χ0) is 15.6. The van der Waals surface area contributed by atoms with E-state index in [2.05, 4.69) is 6.92 Å². The summed E-state index contributed by atoms with van der Waals surface area (Å²) in [6.45, 7) is 3.08. The van der Waals surface area contributed by atoms with Crippen molar-refractivity contribution < 1.29 is 18.3 Å². The predicted molar refractivity (Wildman–Crippen MR) is 79.6 cm³/mol. The van der Waals surface area contributed by atoms with Gasteiger partial charge in [-0.15, -0.1) is 0 Å². The first kappa shape index (κ1) is 15.8. The Labute approximate surface area is 124 Å². The molecule has 1 aromatic rings. The lowest BCUT2D eigenvalue weighted by Gasteiger charge is -2.31. The zero-order valence-electron chi connectivity index (χ0n) is 11.9. The van der Waals surface area contributed by atoms with Gasteiger partial charge in [0.1, 0.15) is 4.90 Å². The summed E-state index contributed by atoms with van der Waals surface area (Å²) in [4.78, 5) is 10.9. The van der Waals surface area contributed by atoms with E-state index in [4.69, 9.17) is 10.8 Å². The van der Waals surface area contributed by atoms with Gasteiger partial charge in [-0.05, 0) is 37.0 Å². The van der Waals surface area contributed by atoms with E-state index in [1.807, 2.05) is 0 Å². The summed E-state index contributed by atoms with van der Waals surface area (Å²) >= 11 is 0. The van der Waals surface area contributed by atoms with Crippen LogP contribution in [0.25, 0.3) is 0 Å². The van der Waals surface area contributed by atoms with E-state index in [0.717, 1.165) is 19.3 Å². The van der Waals surface area contributed by atoms with Gasteiger partial charge in [-0.2, -0.15) is 4.31 Å². The van der Waals surface area contributed by atoms with E-state index in [0.29, 0.717) is 19.0 Å². The predicted octanol–water partition coefficient (Wildman–Crippen LogP) is 1.78. The summed E-state index contributed by atoms with van der Waals surface area (Å²) < 4.78 is 26.6. The molecule has 0 spiro atoms. The fourth-order valence-electron chi connectivity index (χ4n) is 2.61. The number of benzene rings is 1. The number of sulfonamides is 1. The summed E-state index contributed by atoms with van der Waals surface area (Å²) in [5, 5.41) is 8.89. The number of nitrogens with zero attached hydrogens (tertiary/aromatic N) is 1. The van der Waals surface area contributed by atoms with Crippen LogP contribution in [-0.4, -0.2) is 36.9 Å². The molecule has 1 saturated heterocycles. The third-order valence-electron chi connectivity index (χ3n) is 4.03. The van der Waals surface area contributed by atoms with Crippen LogP contribution >= 0.6 is 0 Å². The first-order valence-electron chi connectivity index (χ1n) is 6.99. The van der Waals surface area contributed by atoms with Crippen molar-refractivity contribution in [2.24, 2.45) is 5.92 Å². The van der Waals surface area contributed by atoms with E-state index in [-0.39, 0.29) is 16.1 Å². The second kappa shape index (κ2) is 6.03. The van der Waals surface area contributed by atoms with Gasteiger partial charge in [0.15, 0.2) is 0 Å². The number of hydrogen-bond donors (Lipinski definition) is 2. The number of carboxylic acid groups (broad SMARTS) is 1. The second-order valence-electron chi connectivity index (χ2n) is 5.31. The van der Waals surface area contributed by atoms with Crippen LogP contribution in [0.1, 0.15) is 36.5 Å². The highest BCUT2D eigenvalue weighted by molar-refractivity contribution is 7.89. The summed E-state index contributed by atoms with van der Waals surface area (Å²) in [5.74, 6) is -0.558. The Bertz CT molecular complexity index is 634. The monoisotopic (exact) mass is 312 g/mol. The number of hydrogen-bond acceptors (Lipinski definition) is 4. The van der Waals surface area contributed by atoms with E-state index >= 15 is 0 Å². The van der Waals surface area contributed by atoms with Crippen LogP contribution in [0.2, 0.25) is 0 Å². The molecular formula is C14H20N2O4S. The molecule has 7 heteroatoms. The van der Waals surface area contributed by atoms with Gasteiger partial charge in [0.2, 0.25) is 10.0 Å². The van der Waals surface area contributed by atoms with Crippen LogP contribution in [0.5, 0.6) is 0 Å². The minimum atomic E-state index is -3.65. The molecule has 1 aliphatic heterocycles. The van der Waals surface area contributed by atoms with Crippen molar-refractivity contribution in [3.05, 3.63) is 23.8 Å². The number of aromatic carboxylic acids is 1. The fraction of sp³-hybridized carbons (Fsp3) is 0.500. The smallest absolute Gasteiger partial charge is 0.335 e. The summed E-state index contributed by atoms with van der Waals surface area (Å²) in [6.07, 6.45) is 2.76. The molecule has 1 aliphatic rings. The molecule has 0 saturated carbocycles. The molecule has 1 fully saturated rings. The molecule has 6 nitrogen and oxygen atoms in total. The minimum Gasteiger partial charge on any atom is -0.478 e. The summed E-state index contributed by atoms with van der Waals surface area (Å²) in [7, 11) is -3.65. The van der Waals surface area contributed by atoms with Crippen LogP contribution in [0, 0.1) is 5.92 Å².